The monoisotopic (exact) mass is 284 g/mol. The van der Waals surface area contributed by atoms with E-state index in [1.54, 1.807) is 5.32 Å². The molecule has 110 valence electrons. The third-order valence-electron chi connectivity index (χ3n) is 2.14. The molecule has 1 atom stereocenters. The van der Waals surface area contributed by atoms with E-state index in [4.69, 9.17) is 5.11 Å². The Bertz CT molecular complexity index is 344. The van der Waals surface area contributed by atoms with E-state index in [0.717, 1.165) is 0 Å². The zero-order valence-electron chi connectivity index (χ0n) is 10.2. The van der Waals surface area contributed by atoms with Crippen molar-refractivity contribution in [2.75, 3.05) is 6.54 Å². The molecule has 0 unspecified atom stereocenters. The third-order valence-corrected chi connectivity index (χ3v) is 2.14. The first kappa shape index (κ1) is 17.2. The molecular formula is C10H15F3N2O4. The fourth-order valence-corrected chi connectivity index (χ4v) is 1.28. The standard InChI is InChI=1S/C10H15F3N2O4/c1-6(16)15-7(8(17)18)4-2-3-5-14-9(19)10(11,12)13/h7H,2-5H2,1H3,(H,14,19)(H,15,16)(H,17,18)/t7-/m0/s1. The molecule has 0 spiro atoms. The van der Waals surface area contributed by atoms with Gasteiger partial charge in [-0.3, -0.25) is 9.59 Å². The van der Waals surface area contributed by atoms with Crippen LogP contribution >= 0.6 is 0 Å². The summed E-state index contributed by atoms with van der Waals surface area (Å²) in [5.74, 6) is -3.74. The number of carboxylic acid groups (broad SMARTS) is 1. The minimum Gasteiger partial charge on any atom is -0.480 e. The SMILES string of the molecule is CC(=O)N[C@@H](CCCCNC(=O)C(F)(F)F)C(=O)O. The van der Waals surface area contributed by atoms with Crippen molar-refractivity contribution in [2.24, 2.45) is 0 Å². The van der Waals surface area contributed by atoms with Crippen molar-refractivity contribution in [1.82, 2.24) is 10.6 Å². The number of carbonyl (C=O) groups excluding carboxylic acids is 2. The van der Waals surface area contributed by atoms with Crippen molar-refractivity contribution in [2.45, 2.75) is 38.4 Å². The Morgan fingerprint density at radius 1 is 1.21 bits per heavy atom. The van der Waals surface area contributed by atoms with Crippen LogP contribution < -0.4 is 10.6 Å². The Hall–Kier alpha value is -1.80. The van der Waals surface area contributed by atoms with Gasteiger partial charge in [-0.2, -0.15) is 13.2 Å². The van der Waals surface area contributed by atoms with Gasteiger partial charge >= 0.3 is 18.1 Å². The Kier molecular flexibility index (Phi) is 6.87. The van der Waals surface area contributed by atoms with Gasteiger partial charge in [0.15, 0.2) is 0 Å². The predicted octanol–water partition coefficient (Wildman–Crippen LogP) is 0.424. The van der Waals surface area contributed by atoms with Crippen molar-refractivity contribution < 1.29 is 32.7 Å². The Balaban J connectivity index is 3.87. The van der Waals surface area contributed by atoms with Crippen LogP contribution in [0.4, 0.5) is 13.2 Å². The minimum atomic E-state index is -4.92. The lowest BCUT2D eigenvalue weighted by Gasteiger charge is -2.13. The second-order valence-corrected chi connectivity index (χ2v) is 3.84. The van der Waals surface area contributed by atoms with Gasteiger partial charge in [0.05, 0.1) is 0 Å². The third kappa shape index (κ3) is 8.01. The molecule has 2 amide bonds. The molecule has 0 aliphatic heterocycles. The number of unbranched alkanes of at least 4 members (excludes halogenated alkanes) is 1. The molecule has 0 aromatic carbocycles. The van der Waals surface area contributed by atoms with E-state index in [9.17, 15) is 27.6 Å². The zero-order chi connectivity index (χ0) is 15.1. The number of hydrogen-bond donors (Lipinski definition) is 3. The summed E-state index contributed by atoms with van der Waals surface area (Å²) in [5.41, 5.74) is 0. The van der Waals surface area contributed by atoms with Crippen LogP contribution in [0.5, 0.6) is 0 Å². The Morgan fingerprint density at radius 3 is 2.21 bits per heavy atom. The summed E-state index contributed by atoms with van der Waals surface area (Å²) in [6.45, 7) is 0.963. The van der Waals surface area contributed by atoms with Crippen molar-refractivity contribution >= 4 is 17.8 Å². The fourth-order valence-electron chi connectivity index (χ4n) is 1.28. The lowest BCUT2D eigenvalue weighted by molar-refractivity contribution is -0.173. The molecule has 0 aliphatic rings. The highest BCUT2D eigenvalue weighted by Gasteiger charge is 2.38. The largest absolute Gasteiger partial charge is 0.480 e. The van der Waals surface area contributed by atoms with Crippen molar-refractivity contribution in [3.8, 4) is 0 Å². The molecule has 9 heteroatoms. The maximum atomic E-state index is 11.8. The zero-order valence-corrected chi connectivity index (χ0v) is 10.2. The van der Waals surface area contributed by atoms with Gasteiger partial charge in [-0.05, 0) is 19.3 Å². The second-order valence-electron chi connectivity index (χ2n) is 3.84. The van der Waals surface area contributed by atoms with Crippen LogP contribution in [0, 0.1) is 0 Å². The van der Waals surface area contributed by atoms with Crippen molar-refractivity contribution in [3.05, 3.63) is 0 Å². The number of rotatable bonds is 7. The van der Waals surface area contributed by atoms with Crippen LogP contribution in [0.25, 0.3) is 0 Å². The van der Waals surface area contributed by atoms with E-state index in [-0.39, 0.29) is 25.8 Å². The average molecular weight is 284 g/mol. The number of aliphatic carboxylic acids is 1. The molecule has 0 fully saturated rings. The molecule has 0 heterocycles. The predicted molar refractivity (Wildman–Crippen MR) is 58.2 cm³/mol. The number of carboxylic acids is 1. The van der Waals surface area contributed by atoms with E-state index in [0.29, 0.717) is 0 Å². The summed E-state index contributed by atoms with van der Waals surface area (Å²) in [7, 11) is 0. The van der Waals surface area contributed by atoms with E-state index >= 15 is 0 Å². The lowest BCUT2D eigenvalue weighted by atomic mass is 10.1. The number of nitrogens with one attached hydrogen (secondary N) is 2. The second kappa shape index (κ2) is 7.59. The summed E-state index contributed by atoms with van der Waals surface area (Å²) in [5, 5.41) is 12.6. The summed E-state index contributed by atoms with van der Waals surface area (Å²) >= 11 is 0. The first-order valence-corrected chi connectivity index (χ1v) is 5.49. The van der Waals surface area contributed by atoms with Crippen LogP contribution in [0.15, 0.2) is 0 Å². The molecule has 0 rings (SSSR count). The molecule has 3 N–H and O–H groups in total. The Morgan fingerprint density at radius 2 is 1.79 bits per heavy atom. The summed E-state index contributed by atoms with van der Waals surface area (Å²) < 4.78 is 35.4. The van der Waals surface area contributed by atoms with Gasteiger partial charge in [0, 0.05) is 13.5 Å². The Labute approximate surface area is 107 Å². The van der Waals surface area contributed by atoms with Gasteiger partial charge < -0.3 is 15.7 Å². The van der Waals surface area contributed by atoms with Crippen LogP contribution in [-0.2, 0) is 14.4 Å². The van der Waals surface area contributed by atoms with Gasteiger partial charge in [0.25, 0.3) is 0 Å². The van der Waals surface area contributed by atoms with Crippen LogP contribution in [0.2, 0.25) is 0 Å². The molecule has 0 saturated carbocycles. The van der Waals surface area contributed by atoms with Crippen LogP contribution in [0.1, 0.15) is 26.2 Å². The summed E-state index contributed by atoms with van der Waals surface area (Å²) in [4.78, 5) is 31.8. The van der Waals surface area contributed by atoms with Gasteiger partial charge in [-0.15, -0.1) is 0 Å². The molecule has 19 heavy (non-hydrogen) atoms. The normalized spacial score (nSPS) is 12.6. The topological polar surface area (TPSA) is 95.5 Å². The maximum Gasteiger partial charge on any atom is 0.471 e. The smallest absolute Gasteiger partial charge is 0.471 e. The first-order valence-electron chi connectivity index (χ1n) is 5.49. The number of alkyl halides is 3. The van der Waals surface area contributed by atoms with Crippen molar-refractivity contribution in [1.29, 1.82) is 0 Å². The van der Waals surface area contributed by atoms with E-state index in [1.807, 2.05) is 0 Å². The van der Waals surface area contributed by atoms with Gasteiger partial charge in [-0.25, -0.2) is 4.79 Å². The van der Waals surface area contributed by atoms with E-state index in [1.165, 1.54) is 6.92 Å². The molecule has 0 radical (unpaired) electrons. The highest BCUT2D eigenvalue weighted by molar-refractivity contribution is 5.82. The summed E-state index contributed by atoms with van der Waals surface area (Å²) in [6, 6.07) is -1.07. The van der Waals surface area contributed by atoms with E-state index in [2.05, 4.69) is 5.32 Å². The summed E-state index contributed by atoms with van der Waals surface area (Å²) in [6.07, 6.45) is -4.39. The molecule has 0 aromatic heterocycles. The minimum absolute atomic E-state index is 0.0802. The highest BCUT2D eigenvalue weighted by atomic mass is 19.4. The number of hydrogen-bond acceptors (Lipinski definition) is 3. The van der Waals surface area contributed by atoms with Gasteiger partial charge in [0.2, 0.25) is 5.91 Å². The molecule has 0 bridgehead atoms. The van der Waals surface area contributed by atoms with Crippen molar-refractivity contribution in [3.63, 3.8) is 0 Å². The number of carbonyl (C=O) groups is 3. The van der Waals surface area contributed by atoms with Crippen LogP contribution in [-0.4, -0.2) is 41.7 Å². The number of halogens is 3. The first-order chi connectivity index (χ1) is 8.64. The maximum absolute atomic E-state index is 11.8. The molecule has 0 saturated heterocycles. The quantitative estimate of drug-likeness (QED) is 0.591. The highest BCUT2D eigenvalue weighted by Crippen LogP contribution is 2.14. The number of amides is 2. The van der Waals surface area contributed by atoms with Gasteiger partial charge in [0.1, 0.15) is 6.04 Å². The molecule has 6 nitrogen and oxygen atoms in total. The fraction of sp³-hybridized carbons (Fsp3) is 0.700. The van der Waals surface area contributed by atoms with Crippen LogP contribution in [0.3, 0.4) is 0 Å². The molecule has 0 aliphatic carbocycles. The van der Waals surface area contributed by atoms with E-state index < -0.39 is 30.0 Å². The average Bonchev–Trinajstić information content (AvgIpc) is 2.24. The molecule has 0 aromatic rings. The lowest BCUT2D eigenvalue weighted by Crippen LogP contribution is -2.40. The molecular weight excluding hydrogens is 269 g/mol. The van der Waals surface area contributed by atoms with Gasteiger partial charge in [-0.1, -0.05) is 0 Å².